The Kier molecular flexibility index (Phi) is 6.29. The Morgan fingerprint density at radius 1 is 1.29 bits per heavy atom. The zero-order valence-electron chi connectivity index (χ0n) is 10.1. The van der Waals surface area contributed by atoms with E-state index in [4.69, 9.17) is 11.3 Å². The molecule has 0 amide bonds. The molecule has 0 radical (unpaired) electrons. The monoisotopic (exact) mass is 242 g/mol. The summed E-state index contributed by atoms with van der Waals surface area (Å²) in [5.41, 5.74) is 14.0. The summed E-state index contributed by atoms with van der Waals surface area (Å²) in [6.07, 6.45) is 4.72. The minimum absolute atomic E-state index is 0.129. The van der Waals surface area contributed by atoms with Gasteiger partial charge in [0.05, 0.1) is 18.8 Å². The van der Waals surface area contributed by atoms with E-state index in [0.717, 1.165) is 19.3 Å². The Balaban J connectivity index is 2.33. The maximum Gasteiger partial charge on any atom is 0.0950 e. The topological polar surface area (TPSA) is 115 Å². The van der Waals surface area contributed by atoms with Crippen LogP contribution in [0.2, 0.25) is 0 Å². The average Bonchev–Trinajstić information content (AvgIpc) is 2.36. The molecule has 0 aliphatic heterocycles. The van der Waals surface area contributed by atoms with Crippen molar-refractivity contribution in [2.24, 2.45) is 16.8 Å². The second kappa shape index (κ2) is 7.50. The molecule has 1 fully saturated rings. The third-order valence-electron chi connectivity index (χ3n) is 3.50. The maximum atomic E-state index is 9.79. The first-order valence-corrected chi connectivity index (χ1v) is 6.27. The predicted molar refractivity (Wildman–Crippen MR) is 65.2 cm³/mol. The van der Waals surface area contributed by atoms with Crippen molar-refractivity contribution in [3.05, 3.63) is 10.4 Å². The molecule has 6 nitrogen and oxygen atoms in total. The van der Waals surface area contributed by atoms with Crippen LogP contribution in [0.3, 0.4) is 0 Å². The lowest BCUT2D eigenvalue weighted by atomic mass is 9.83. The first-order chi connectivity index (χ1) is 8.15. The third kappa shape index (κ3) is 4.91. The SMILES string of the molecule is [N-]=[N+]=NC[C@H](O)[C@H](O)[C@@H](N)CC1CCCCC1. The van der Waals surface area contributed by atoms with Gasteiger partial charge in [0.1, 0.15) is 0 Å². The Bertz CT molecular complexity index is 262. The van der Waals surface area contributed by atoms with E-state index in [9.17, 15) is 10.2 Å². The van der Waals surface area contributed by atoms with E-state index in [1.165, 1.54) is 19.3 Å². The smallest absolute Gasteiger partial charge is 0.0950 e. The molecule has 0 aromatic rings. The fourth-order valence-electron chi connectivity index (χ4n) is 2.46. The van der Waals surface area contributed by atoms with Gasteiger partial charge in [-0.2, -0.15) is 0 Å². The molecule has 98 valence electrons. The third-order valence-corrected chi connectivity index (χ3v) is 3.50. The van der Waals surface area contributed by atoms with Gasteiger partial charge >= 0.3 is 0 Å². The molecule has 1 aliphatic rings. The number of nitrogens with two attached hydrogens (primary N) is 1. The zero-order chi connectivity index (χ0) is 12.7. The summed E-state index contributed by atoms with van der Waals surface area (Å²) in [4.78, 5) is 2.55. The minimum Gasteiger partial charge on any atom is -0.390 e. The number of hydrogen-bond donors (Lipinski definition) is 3. The van der Waals surface area contributed by atoms with Crippen molar-refractivity contribution in [2.45, 2.75) is 56.8 Å². The lowest BCUT2D eigenvalue weighted by Crippen LogP contribution is -2.45. The van der Waals surface area contributed by atoms with E-state index >= 15 is 0 Å². The van der Waals surface area contributed by atoms with Crippen molar-refractivity contribution in [1.82, 2.24) is 0 Å². The van der Waals surface area contributed by atoms with Crippen LogP contribution in [0, 0.1) is 5.92 Å². The quantitative estimate of drug-likeness (QED) is 0.370. The minimum atomic E-state index is -1.07. The number of aliphatic hydroxyl groups is 2. The molecule has 0 aromatic carbocycles. The molecule has 0 saturated heterocycles. The molecule has 4 N–H and O–H groups in total. The van der Waals surface area contributed by atoms with E-state index in [2.05, 4.69) is 10.0 Å². The van der Waals surface area contributed by atoms with Gasteiger partial charge in [0.15, 0.2) is 0 Å². The summed E-state index contributed by atoms with van der Waals surface area (Å²) in [7, 11) is 0. The van der Waals surface area contributed by atoms with Gasteiger partial charge in [-0.3, -0.25) is 0 Å². The first kappa shape index (κ1) is 14.3. The zero-order valence-corrected chi connectivity index (χ0v) is 10.1. The summed E-state index contributed by atoms with van der Waals surface area (Å²) >= 11 is 0. The van der Waals surface area contributed by atoms with Crippen LogP contribution in [-0.2, 0) is 0 Å². The molecule has 0 aromatic heterocycles. The highest BCUT2D eigenvalue weighted by Crippen LogP contribution is 2.27. The lowest BCUT2D eigenvalue weighted by Gasteiger charge is -2.28. The predicted octanol–water partition coefficient (Wildman–Crippen LogP) is 1.32. The Hall–Kier alpha value is -0.810. The lowest BCUT2D eigenvalue weighted by molar-refractivity contribution is 0.00382. The van der Waals surface area contributed by atoms with E-state index < -0.39 is 18.2 Å². The van der Waals surface area contributed by atoms with Gasteiger partial charge in [-0.25, -0.2) is 0 Å². The standard InChI is InChI=1S/C11H22N4O2/c12-9(6-8-4-2-1-3-5-8)11(17)10(16)7-14-15-13/h8-11,16-17H,1-7,12H2/t9-,10-,11+/m0/s1. The summed E-state index contributed by atoms with van der Waals surface area (Å²) in [5, 5.41) is 22.6. The van der Waals surface area contributed by atoms with E-state index in [0.29, 0.717) is 5.92 Å². The van der Waals surface area contributed by atoms with Crippen molar-refractivity contribution in [1.29, 1.82) is 0 Å². The number of rotatable bonds is 6. The fraction of sp³-hybridized carbons (Fsp3) is 1.00. The number of nitrogens with zero attached hydrogens (tertiary/aromatic N) is 3. The van der Waals surface area contributed by atoms with Crippen molar-refractivity contribution in [2.75, 3.05) is 6.54 Å². The maximum absolute atomic E-state index is 9.79. The van der Waals surface area contributed by atoms with Crippen LogP contribution in [-0.4, -0.2) is 35.0 Å². The van der Waals surface area contributed by atoms with E-state index in [1.807, 2.05) is 0 Å². The molecule has 0 spiro atoms. The number of hydrogen-bond acceptors (Lipinski definition) is 4. The van der Waals surface area contributed by atoms with E-state index in [1.54, 1.807) is 0 Å². The Morgan fingerprint density at radius 2 is 1.94 bits per heavy atom. The summed E-state index contributed by atoms with van der Waals surface area (Å²) < 4.78 is 0. The van der Waals surface area contributed by atoms with E-state index in [-0.39, 0.29) is 6.54 Å². The van der Waals surface area contributed by atoms with Crippen LogP contribution in [0.15, 0.2) is 5.11 Å². The molecular formula is C11H22N4O2. The van der Waals surface area contributed by atoms with Gasteiger partial charge in [0, 0.05) is 11.0 Å². The summed E-state index contributed by atoms with van der Waals surface area (Å²) in [6.45, 7) is -0.129. The van der Waals surface area contributed by atoms with Crippen LogP contribution < -0.4 is 5.73 Å². The normalized spacial score (nSPS) is 22.5. The number of azide groups is 1. The molecule has 6 heteroatoms. The highest BCUT2D eigenvalue weighted by Gasteiger charge is 2.26. The summed E-state index contributed by atoms with van der Waals surface area (Å²) in [6, 6.07) is -0.443. The molecule has 1 rings (SSSR count). The molecule has 17 heavy (non-hydrogen) atoms. The van der Waals surface area contributed by atoms with Gasteiger partial charge in [0.2, 0.25) is 0 Å². The van der Waals surface area contributed by atoms with Crippen LogP contribution in [0.25, 0.3) is 10.4 Å². The van der Waals surface area contributed by atoms with Crippen molar-refractivity contribution in [3.8, 4) is 0 Å². The highest BCUT2D eigenvalue weighted by molar-refractivity contribution is 4.83. The second-order valence-corrected chi connectivity index (χ2v) is 4.87. The fourth-order valence-corrected chi connectivity index (χ4v) is 2.46. The van der Waals surface area contributed by atoms with Gasteiger partial charge in [0.25, 0.3) is 0 Å². The summed E-state index contributed by atoms with van der Waals surface area (Å²) in [5.74, 6) is 0.556. The molecule has 0 heterocycles. The van der Waals surface area contributed by atoms with Crippen LogP contribution in [0.5, 0.6) is 0 Å². The second-order valence-electron chi connectivity index (χ2n) is 4.87. The van der Waals surface area contributed by atoms with Crippen molar-refractivity contribution in [3.63, 3.8) is 0 Å². The van der Waals surface area contributed by atoms with Gasteiger partial charge < -0.3 is 15.9 Å². The van der Waals surface area contributed by atoms with Crippen LogP contribution >= 0.6 is 0 Å². The number of aliphatic hydroxyl groups excluding tert-OH is 2. The Labute approximate surface area is 101 Å². The van der Waals surface area contributed by atoms with Crippen LogP contribution in [0.4, 0.5) is 0 Å². The van der Waals surface area contributed by atoms with Crippen LogP contribution in [0.1, 0.15) is 38.5 Å². The van der Waals surface area contributed by atoms with Gasteiger partial charge in [-0.1, -0.05) is 37.2 Å². The van der Waals surface area contributed by atoms with Crippen molar-refractivity contribution >= 4 is 0 Å². The molecular weight excluding hydrogens is 220 g/mol. The molecule has 1 aliphatic carbocycles. The molecule has 3 atom stereocenters. The average molecular weight is 242 g/mol. The van der Waals surface area contributed by atoms with Gasteiger partial charge in [-0.15, -0.1) is 0 Å². The molecule has 0 unspecified atom stereocenters. The van der Waals surface area contributed by atoms with Crippen molar-refractivity contribution < 1.29 is 10.2 Å². The van der Waals surface area contributed by atoms with Gasteiger partial charge in [-0.05, 0) is 17.9 Å². The molecule has 0 bridgehead atoms. The molecule has 1 saturated carbocycles. The Morgan fingerprint density at radius 3 is 2.53 bits per heavy atom. The first-order valence-electron chi connectivity index (χ1n) is 6.27. The largest absolute Gasteiger partial charge is 0.390 e. The highest BCUT2D eigenvalue weighted by atomic mass is 16.3.